The van der Waals surface area contributed by atoms with Crippen LogP contribution in [0.5, 0.6) is 0 Å². The minimum Gasteiger partial charge on any atom is -0.481 e. The minimum absolute atomic E-state index is 0.0326. The van der Waals surface area contributed by atoms with Gasteiger partial charge in [0.15, 0.2) is 0 Å². The standard InChI is InChI=1S/C17H21N3O3S/c1-17(2,3)20-9-12(7-18-20)15-13(16(22)23)6-14(21)19(15)8-11-4-5-24-10-11/h4-5,7,9-10,13,15H,6,8H2,1-3H3,(H,22,23)/t13-,15-/m0/s1. The van der Waals surface area contributed by atoms with E-state index in [1.807, 2.05) is 48.5 Å². The molecule has 24 heavy (non-hydrogen) atoms. The highest BCUT2D eigenvalue weighted by Gasteiger charge is 2.45. The molecule has 1 aliphatic heterocycles. The maximum absolute atomic E-state index is 12.4. The van der Waals surface area contributed by atoms with Crippen molar-refractivity contribution in [1.82, 2.24) is 14.7 Å². The Kier molecular flexibility index (Phi) is 4.21. The molecule has 2 atom stereocenters. The molecule has 1 aliphatic rings. The molecular formula is C17H21N3O3S. The van der Waals surface area contributed by atoms with E-state index in [-0.39, 0.29) is 17.9 Å². The third kappa shape index (κ3) is 3.08. The highest BCUT2D eigenvalue weighted by Crippen LogP contribution is 2.39. The van der Waals surface area contributed by atoms with Crippen molar-refractivity contribution in [3.8, 4) is 0 Å². The van der Waals surface area contributed by atoms with Crippen LogP contribution in [0.3, 0.4) is 0 Å². The molecule has 7 heteroatoms. The topological polar surface area (TPSA) is 75.4 Å². The first-order chi connectivity index (χ1) is 11.3. The number of carboxylic acid groups (broad SMARTS) is 1. The lowest BCUT2D eigenvalue weighted by Gasteiger charge is -2.26. The van der Waals surface area contributed by atoms with Crippen molar-refractivity contribution in [2.24, 2.45) is 5.92 Å². The van der Waals surface area contributed by atoms with Crippen molar-refractivity contribution in [3.63, 3.8) is 0 Å². The molecule has 3 heterocycles. The zero-order chi connectivity index (χ0) is 17.5. The number of rotatable bonds is 4. The number of aliphatic carboxylic acids is 1. The van der Waals surface area contributed by atoms with E-state index in [2.05, 4.69) is 5.10 Å². The fourth-order valence-corrected chi connectivity index (χ4v) is 3.71. The van der Waals surface area contributed by atoms with E-state index in [0.29, 0.717) is 6.54 Å². The molecule has 2 aromatic heterocycles. The molecule has 6 nitrogen and oxygen atoms in total. The van der Waals surface area contributed by atoms with Crippen LogP contribution in [0, 0.1) is 5.92 Å². The largest absolute Gasteiger partial charge is 0.481 e. The number of hydrogen-bond donors (Lipinski definition) is 1. The van der Waals surface area contributed by atoms with Crippen molar-refractivity contribution >= 4 is 23.2 Å². The molecule has 1 N–H and O–H groups in total. The van der Waals surface area contributed by atoms with Gasteiger partial charge in [0, 0.05) is 24.7 Å². The van der Waals surface area contributed by atoms with Crippen LogP contribution in [0.1, 0.15) is 44.4 Å². The van der Waals surface area contributed by atoms with Crippen molar-refractivity contribution in [3.05, 3.63) is 40.3 Å². The third-order valence-corrected chi connectivity index (χ3v) is 5.05. The summed E-state index contributed by atoms with van der Waals surface area (Å²) in [5.41, 5.74) is 1.60. The first-order valence-electron chi connectivity index (χ1n) is 7.86. The second-order valence-electron chi connectivity index (χ2n) is 7.14. The number of carbonyl (C=O) groups excluding carboxylic acids is 1. The fraction of sp³-hybridized carbons (Fsp3) is 0.471. The lowest BCUT2D eigenvalue weighted by molar-refractivity contribution is -0.142. The van der Waals surface area contributed by atoms with Crippen LogP contribution in [-0.2, 0) is 21.7 Å². The Morgan fingerprint density at radius 2 is 2.21 bits per heavy atom. The van der Waals surface area contributed by atoms with Gasteiger partial charge in [-0.15, -0.1) is 0 Å². The Labute approximate surface area is 144 Å². The van der Waals surface area contributed by atoms with Crippen molar-refractivity contribution in [2.45, 2.75) is 45.3 Å². The molecule has 0 saturated carbocycles. The molecule has 0 radical (unpaired) electrons. The van der Waals surface area contributed by atoms with Crippen LogP contribution in [0.15, 0.2) is 29.2 Å². The zero-order valence-corrected chi connectivity index (χ0v) is 14.8. The first kappa shape index (κ1) is 16.7. The lowest BCUT2D eigenvalue weighted by atomic mass is 9.95. The molecule has 0 aliphatic carbocycles. The van der Waals surface area contributed by atoms with Gasteiger partial charge in [-0.05, 0) is 43.2 Å². The van der Waals surface area contributed by atoms with Crippen LogP contribution in [0.4, 0.5) is 0 Å². The summed E-state index contributed by atoms with van der Waals surface area (Å²) in [5, 5.41) is 17.9. The molecule has 0 bridgehead atoms. The molecule has 2 aromatic rings. The van der Waals surface area contributed by atoms with E-state index in [1.54, 1.807) is 22.4 Å². The highest BCUT2D eigenvalue weighted by molar-refractivity contribution is 7.07. The SMILES string of the molecule is CC(C)(C)n1cc([C@H]2[C@@H](C(=O)O)CC(=O)N2Cc2ccsc2)cn1. The minimum atomic E-state index is -0.940. The third-order valence-electron chi connectivity index (χ3n) is 4.31. The Bertz CT molecular complexity index is 745. The van der Waals surface area contributed by atoms with Gasteiger partial charge in [0.25, 0.3) is 0 Å². The molecule has 0 aromatic carbocycles. The van der Waals surface area contributed by atoms with E-state index in [9.17, 15) is 14.7 Å². The number of hydrogen-bond acceptors (Lipinski definition) is 4. The molecule has 0 unspecified atom stereocenters. The van der Waals surface area contributed by atoms with Crippen LogP contribution in [0.2, 0.25) is 0 Å². The Balaban J connectivity index is 1.96. The zero-order valence-electron chi connectivity index (χ0n) is 14.0. The second-order valence-corrected chi connectivity index (χ2v) is 7.92. The molecule has 0 spiro atoms. The normalized spacial score (nSPS) is 21.5. The summed E-state index contributed by atoms with van der Waals surface area (Å²) in [5.74, 6) is -1.81. The van der Waals surface area contributed by atoms with E-state index in [0.717, 1.165) is 11.1 Å². The highest BCUT2D eigenvalue weighted by atomic mass is 32.1. The summed E-state index contributed by atoms with van der Waals surface area (Å²) in [6.07, 6.45) is 3.58. The molecule has 128 valence electrons. The van der Waals surface area contributed by atoms with Gasteiger partial charge in [-0.25, -0.2) is 0 Å². The monoisotopic (exact) mass is 347 g/mol. The van der Waals surface area contributed by atoms with Crippen molar-refractivity contribution < 1.29 is 14.7 Å². The number of thiophene rings is 1. The van der Waals surface area contributed by atoms with Gasteiger partial charge < -0.3 is 10.0 Å². The second kappa shape index (κ2) is 6.05. The fourth-order valence-electron chi connectivity index (χ4n) is 3.05. The van der Waals surface area contributed by atoms with Crippen LogP contribution in [-0.4, -0.2) is 31.7 Å². The summed E-state index contributed by atoms with van der Waals surface area (Å²) in [7, 11) is 0. The van der Waals surface area contributed by atoms with Gasteiger partial charge >= 0.3 is 5.97 Å². The molecule has 1 amide bonds. The predicted octanol–water partition coefficient (Wildman–Crippen LogP) is 2.87. The Morgan fingerprint density at radius 1 is 1.46 bits per heavy atom. The van der Waals surface area contributed by atoms with Gasteiger partial charge in [0.05, 0.1) is 23.7 Å². The van der Waals surface area contributed by atoms with Crippen LogP contribution < -0.4 is 0 Å². The molecule has 1 saturated heterocycles. The average molecular weight is 347 g/mol. The van der Waals surface area contributed by atoms with Crippen LogP contribution >= 0.6 is 11.3 Å². The quantitative estimate of drug-likeness (QED) is 0.923. The Hall–Kier alpha value is -2.15. The van der Waals surface area contributed by atoms with E-state index >= 15 is 0 Å². The van der Waals surface area contributed by atoms with Gasteiger partial charge in [0.1, 0.15) is 0 Å². The Morgan fingerprint density at radius 3 is 2.75 bits per heavy atom. The van der Waals surface area contributed by atoms with E-state index in [4.69, 9.17) is 0 Å². The van der Waals surface area contributed by atoms with Gasteiger partial charge in [0.2, 0.25) is 5.91 Å². The molecule has 3 rings (SSSR count). The number of nitrogens with zero attached hydrogens (tertiary/aromatic N) is 3. The molecule has 1 fully saturated rings. The number of amides is 1. The van der Waals surface area contributed by atoms with E-state index in [1.165, 1.54) is 0 Å². The maximum atomic E-state index is 12.4. The van der Waals surface area contributed by atoms with Gasteiger partial charge in [-0.2, -0.15) is 16.4 Å². The van der Waals surface area contributed by atoms with Crippen molar-refractivity contribution in [1.29, 1.82) is 0 Å². The average Bonchev–Trinajstić information content (AvgIpc) is 3.19. The number of aromatic nitrogens is 2. The maximum Gasteiger partial charge on any atom is 0.309 e. The first-order valence-corrected chi connectivity index (χ1v) is 8.80. The van der Waals surface area contributed by atoms with Crippen molar-refractivity contribution in [2.75, 3.05) is 0 Å². The van der Waals surface area contributed by atoms with Gasteiger partial charge in [-0.3, -0.25) is 14.3 Å². The number of carboxylic acids is 1. The lowest BCUT2D eigenvalue weighted by Crippen LogP contribution is -2.30. The molecular weight excluding hydrogens is 326 g/mol. The van der Waals surface area contributed by atoms with Gasteiger partial charge in [-0.1, -0.05) is 0 Å². The van der Waals surface area contributed by atoms with Crippen LogP contribution in [0.25, 0.3) is 0 Å². The predicted molar refractivity (Wildman–Crippen MR) is 90.6 cm³/mol. The van der Waals surface area contributed by atoms with E-state index < -0.39 is 17.9 Å². The summed E-state index contributed by atoms with van der Waals surface area (Å²) in [4.78, 5) is 25.8. The smallest absolute Gasteiger partial charge is 0.309 e. The number of carbonyl (C=O) groups is 2. The summed E-state index contributed by atoms with van der Waals surface area (Å²) < 4.78 is 1.81. The summed E-state index contributed by atoms with van der Waals surface area (Å²) in [6, 6.07) is 1.48. The number of likely N-dealkylation sites (tertiary alicyclic amines) is 1. The summed E-state index contributed by atoms with van der Waals surface area (Å²) in [6.45, 7) is 6.52. The summed E-state index contributed by atoms with van der Waals surface area (Å²) >= 11 is 1.57.